The van der Waals surface area contributed by atoms with Gasteiger partial charge in [-0.3, -0.25) is 9.59 Å². The van der Waals surface area contributed by atoms with Gasteiger partial charge >= 0.3 is 12.1 Å². The molecule has 4 rings (SSSR count). The maximum atomic E-state index is 13.3. The summed E-state index contributed by atoms with van der Waals surface area (Å²) in [6.07, 6.45) is -5.53. The van der Waals surface area contributed by atoms with Crippen molar-refractivity contribution in [1.29, 1.82) is 0 Å². The fourth-order valence-corrected chi connectivity index (χ4v) is 5.76. The number of nitrogens with zero attached hydrogens (tertiary/aromatic N) is 1. The fraction of sp³-hybridized carbons (Fsp3) is 0.294. The predicted molar refractivity (Wildman–Crippen MR) is 93.9 cm³/mol. The number of hydrogen-bond donors (Lipinski definition) is 1. The summed E-state index contributed by atoms with van der Waals surface area (Å²) in [4.78, 5) is 25.3. The van der Waals surface area contributed by atoms with E-state index in [0.717, 1.165) is 24.4 Å². The molecule has 1 aliphatic heterocycles. The highest BCUT2D eigenvalue weighted by atomic mass is 32.1. The van der Waals surface area contributed by atoms with Crippen molar-refractivity contribution in [2.75, 3.05) is 13.1 Å². The lowest BCUT2D eigenvalue weighted by molar-refractivity contribution is -0.227. The van der Waals surface area contributed by atoms with E-state index >= 15 is 0 Å². The number of carbonyl (C=O) groups excluding carboxylic acids is 1. The van der Waals surface area contributed by atoms with Crippen molar-refractivity contribution >= 4 is 54.0 Å². The Balaban J connectivity index is 1.66. The van der Waals surface area contributed by atoms with E-state index in [4.69, 9.17) is 5.11 Å². The molecule has 0 bridgehead atoms. The molecule has 1 N–H and O–H groups in total. The van der Waals surface area contributed by atoms with Crippen LogP contribution in [0, 0.1) is 5.41 Å². The largest absolute Gasteiger partial charge is 0.481 e. The molecule has 3 aromatic rings. The molecular formula is C17H12F3NO3S2. The third kappa shape index (κ3) is 2.41. The number of amides is 1. The standard InChI is InChI=1S/C17H12F3NO3S2/c18-17(19,20)16(15(23)24)5-6-21(8-16)14(22)12-7-11-13(26-12)9-3-1-2-4-10(9)25-11/h1-4,7H,5-6,8H2,(H,23,24). The molecule has 1 saturated heterocycles. The third-order valence-electron chi connectivity index (χ3n) is 4.77. The van der Waals surface area contributed by atoms with E-state index in [9.17, 15) is 22.8 Å². The van der Waals surface area contributed by atoms with E-state index in [1.165, 1.54) is 22.7 Å². The van der Waals surface area contributed by atoms with Crippen LogP contribution in [0.2, 0.25) is 0 Å². The lowest BCUT2D eigenvalue weighted by Gasteiger charge is -2.27. The van der Waals surface area contributed by atoms with E-state index in [1.54, 1.807) is 6.07 Å². The van der Waals surface area contributed by atoms with Crippen LogP contribution >= 0.6 is 22.7 Å². The number of halogens is 3. The van der Waals surface area contributed by atoms with Gasteiger partial charge in [-0.15, -0.1) is 22.7 Å². The quantitative estimate of drug-likeness (QED) is 0.686. The second-order valence-corrected chi connectivity index (χ2v) is 8.40. The molecule has 136 valence electrons. The summed E-state index contributed by atoms with van der Waals surface area (Å²) in [5.74, 6) is -2.48. The van der Waals surface area contributed by atoms with Crippen molar-refractivity contribution in [2.24, 2.45) is 5.41 Å². The molecule has 0 aliphatic carbocycles. The van der Waals surface area contributed by atoms with Crippen LogP contribution in [0.5, 0.6) is 0 Å². The average molecular weight is 399 g/mol. The number of aliphatic carboxylic acids is 1. The Labute approximate surface area is 153 Å². The van der Waals surface area contributed by atoms with E-state index in [0.29, 0.717) is 4.88 Å². The third-order valence-corrected chi connectivity index (χ3v) is 7.17. The van der Waals surface area contributed by atoms with Crippen molar-refractivity contribution < 1.29 is 27.9 Å². The Morgan fingerprint density at radius 3 is 2.54 bits per heavy atom. The Bertz CT molecular complexity index is 1040. The first kappa shape index (κ1) is 17.3. The van der Waals surface area contributed by atoms with Crippen LogP contribution in [0.15, 0.2) is 30.3 Å². The molecule has 1 aromatic carbocycles. The van der Waals surface area contributed by atoms with Gasteiger partial charge in [0.15, 0.2) is 5.41 Å². The summed E-state index contributed by atoms with van der Waals surface area (Å²) in [5, 5.41) is 10.1. The predicted octanol–water partition coefficient (Wildman–Crippen LogP) is 4.60. The molecule has 1 unspecified atom stereocenters. The summed E-state index contributed by atoms with van der Waals surface area (Å²) in [6.45, 7) is -1.08. The number of rotatable bonds is 2. The zero-order valence-corrected chi connectivity index (χ0v) is 14.8. The van der Waals surface area contributed by atoms with Gasteiger partial charge in [-0.1, -0.05) is 18.2 Å². The Hall–Kier alpha value is -2.13. The van der Waals surface area contributed by atoms with Crippen LogP contribution in [0.25, 0.3) is 19.5 Å². The molecule has 0 spiro atoms. The number of fused-ring (bicyclic) bond motifs is 3. The molecule has 1 amide bonds. The number of alkyl halides is 3. The van der Waals surface area contributed by atoms with Gasteiger partial charge in [0, 0.05) is 27.9 Å². The Kier molecular flexibility index (Phi) is 3.78. The summed E-state index contributed by atoms with van der Waals surface area (Å²) >= 11 is 2.75. The molecule has 2 aromatic heterocycles. The van der Waals surface area contributed by atoms with Crippen LogP contribution in [0.3, 0.4) is 0 Å². The summed E-state index contributed by atoms with van der Waals surface area (Å²) in [5.41, 5.74) is -2.88. The topological polar surface area (TPSA) is 57.6 Å². The molecule has 1 atom stereocenters. The lowest BCUT2D eigenvalue weighted by Crippen LogP contribution is -2.47. The van der Waals surface area contributed by atoms with Gasteiger partial charge in [-0.25, -0.2) is 0 Å². The number of carboxylic acid groups (broad SMARTS) is 1. The minimum Gasteiger partial charge on any atom is -0.481 e. The summed E-state index contributed by atoms with van der Waals surface area (Å²) < 4.78 is 42.8. The second kappa shape index (κ2) is 5.68. The van der Waals surface area contributed by atoms with Crippen molar-refractivity contribution in [3.8, 4) is 0 Å². The van der Waals surface area contributed by atoms with Gasteiger partial charge in [-0.2, -0.15) is 13.2 Å². The number of thiophene rings is 2. The number of benzene rings is 1. The molecule has 4 nitrogen and oxygen atoms in total. The van der Waals surface area contributed by atoms with Crippen LogP contribution < -0.4 is 0 Å². The van der Waals surface area contributed by atoms with Crippen LogP contribution in [-0.2, 0) is 4.79 Å². The number of carboxylic acids is 1. The zero-order valence-electron chi connectivity index (χ0n) is 13.2. The Morgan fingerprint density at radius 2 is 1.88 bits per heavy atom. The van der Waals surface area contributed by atoms with E-state index in [-0.39, 0.29) is 6.54 Å². The van der Waals surface area contributed by atoms with E-state index in [1.807, 2.05) is 24.3 Å². The maximum Gasteiger partial charge on any atom is 0.406 e. The minimum atomic E-state index is -4.90. The smallest absolute Gasteiger partial charge is 0.406 e. The van der Waals surface area contributed by atoms with Gasteiger partial charge in [-0.05, 0) is 18.6 Å². The van der Waals surface area contributed by atoms with Crippen LogP contribution in [0.1, 0.15) is 16.1 Å². The van der Waals surface area contributed by atoms with Gasteiger partial charge in [0.2, 0.25) is 0 Å². The molecule has 0 saturated carbocycles. The van der Waals surface area contributed by atoms with Gasteiger partial charge < -0.3 is 10.0 Å². The first-order chi connectivity index (χ1) is 12.2. The molecule has 9 heteroatoms. The first-order valence-corrected chi connectivity index (χ1v) is 9.37. The van der Waals surface area contributed by atoms with E-state index < -0.39 is 36.4 Å². The zero-order chi connectivity index (χ0) is 18.7. The van der Waals surface area contributed by atoms with Crippen molar-refractivity contribution in [3.05, 3.63) is 35.2 Å². The highest BCUT2D eigenvalue weighted by Crippen LogP contribution is 2.46. The molecule has 0 radical (unpaired) electrons. The number of carbonyl (C=O) groups is 2. The first-order valence-electron chi connectivity index (χ1n) is 7.73. The minimum absolute atomic E-state index is 0.225. The fourth-order valence-electron chi connectivity index (χ4n) is 3.27. The SMILES string of the molecule is O=C(c1cc2sc3ccccc3c2s1)N1CCC(C(=O)O)(C(F)(F)F)C1. The monoisotopic (exact) mass is 399 g/mol. The second-order valence-electron chi connectivity index (χ2n) is 6.26. The number of hydrogen-bond acceptors (Lipinski definition) is 4. The Morgan fingerprint density at radius 1 is 1.15 bits per heavy atom. The molecule has 26 heavy (non-hydrogen) atoms. The molecule has 3 heterocycles. The van der Waals surface area contributed by atoms with Crippen molar-refractivity contribution in [1.82, 2.24) is 4.90 Å². The van der Waals surface area contributed by atoms with Crippen molar-refractivity contribution in [2.45, 2.75) is 12.6 Å². The van der Waals surface area contributed by atoms with Gasteiger partial charge in [0.1, 0.15) is 0 Å². The molecular weight excluding hydrogens is 387 g/mol. The summed E-state index contributed by atoms with van der Waals surface area (Å²) in [7, 11) is 0. The van der Waals surface area contributed by atoms with E-state index in [2.05, 4.69) is 0 Å². The normalized spacial score (nSPS) is 21.0. The number of likely N-dealkylation sites (tertiary alicyclic amines) is 1. The molecule has 1 fully saturated rings. The van der Waals surface area contributed by atoms with Crippen molar-refractivity contribution in [3.63, 3.8) is 0 Å². The molecule has 1 aliphatic rings. The van der Waals surface area contributed by atoms with Crippen LogP contribution in [0.4, 0.5) is 13.2 Å². The highest BCUT2D eigenvalue weighted by Gasteiger charge is 2.64. The van der Waals surface area contributed by atoms with Gasteiger partial charge in [0.05, 0.1) is 9.58 Å². The van der Waals surface area contributed by atoms with Gasteiger partial charge in [0.25, 0.3) is 5.91 Å². The lowest BCUT2D eigenvalue weighted by atomic mass is 9.86. The van der Waals surface area contributed by atoms with Crippen LogP contribution in [-0.4, -0.2) is 41.1 Å². The summed E-state index contributed by atoms with van der Waals surface area (Å²) in [6, 6.07) is 9.40. The average Bonchev–Trinajstić information content (AvgIpc) is 3.26. The maximum absolute atomic E-state index is 13.3. The highest BCUT2D eigenvalue weighted by molar-refractivity contribution is 7.33.